The molecule has 12 rings (SSSR count). The fourth-order valence-electron chi connectivity index (χ4n) is 10.3. The van der Waals surface area contributed by atoms with E-state index in [1.165, 1.54) is 87.1 Å². The van der Waals surface area contributed by atoms with Crippen LogP contribution in [0.1, 0.15) is 58.2 Å². The summed E-state index contributed by atoms with van der Waals surface area (Å²) >= 11 is 1.89. The van der Waals surface area contributed by atoms with Crippen LogP contribution in [0.2, 0.25) is 0 Å². The van der Waals surface area contributed by atoms with Crippen molar-refractivity contribution < 1.29 is 4.42 Å². The first-order chi connectivity index (χ1) is 30.9. The van der Waals surface area contributed by atoms with Crippen molar-refractivity contribution in [2.24, 2.45) is 0 Å². The van der Waals surface area contributed by atoms with Gasteiger partial charge >= 0.3 is 0 Å². The average molecular weight is 845 g/mol. The van der Waals surface area contributed by atoms with Gasteiger partial charge in [0, 0.05) is 54.3 Å². The van der Waals surface area contributed by atoms with Crippen molar-refractivity contribution in [3.05, 3.63) is 187 Å². The molecule has 10 aromatic rings. The van der Waals surface area contributed by atoms with E-state index in [0.29, 0.717) is 0 Å². The molecular formula is C59H49BN2OS. The SMILES string of the molecule is Cc1cc2c3c(c1)N(c1ccc(C(C)(C)C)cc1)c1c(oc4cc5ccccc5cc14)B3c1cc3c(-c4ccccc4)c(-c4ccccc4)sc3cc1N2c1ccc(C(C)(C)C)cc1. The van der Waals surface area contributed by atoms with E-state index in [4.69, 9.17) is 4.42 Å². The number of hydrogen-bond acceptors (Lipinski definition) is 4. The van der Waals surface area contributed by atoms with E-state index in [1.807, 2.05) is 11.3 Å². The number of nitrogens with zero attached hydrogens (tertiary/aromatic N) is 2. The van der Waals surface area contributed by atoms with Gasteiger partial charge in [-0.15, -0.1) is 11.3 Å². The van der Waals surface area contributed by atoms with E-state index in [0.717, 1.165) is 33.7 Å². The Kier molecular flexibility index (Phi) is 8.55. The number of anilines is 6. The number of furan rings is 1. The third-order valence-corrected chi connectivity index (χ3v) is 14.8. The Bertz CT molecular complexity index is 3460. The minimum Gasteiger partial charge on any atom is -0.468 e. The molecule has 310 valence electrons. The highest BCUT2D eigenvalue weighted by atomic mass is 32.1. The maximum Gasteiger partial charge on any atom is 0.297 e. The Morgan fingerprint density at radius 1 is 0.516 bits per heavy atom. The van der Waals surface area contributed by atoms with Crippen LogP contribution in [-0.4, -0.2) is 6.71 Å². The Morgan fingerprint density at radius 3 is 1.67 bits per heavy atom. The van der Waals surface area contributed by atoms with E-state index >= 15 is 0 Å². The van der Waals surface area contributed by atoms with Crippen molar-refractivity contribution in [2.45, 2.75) is 59.3 Å². The summed E-state index contributed by atoms with van der Waals surface area (Å²) in [6, 6.07) is 63.5. The molecule has 0 amide bonds. The van der Waals surface area contributed by atoms with E-state index in [9.17, 15) is 0 Å². The number of hydrogen-bond donors (Lipinski definition) is 0. The largest absolute Gasteiger partial charge is 0.468 e. The lowest BCUT2D eigenvalue weighted by Crippen LogP contribution is -2.61. The van der Waals surface area contributed by atoms with Gasteiger partial charge in [-0.3, -0.25) is 0 Å². The van der Waals surface area contributed by atoms with Crippen molar-refractivity contribution >= 4 is 101 Å². The van der Waals surface area contributed by atoms with Crippen molar-refractivity contribution in [3.63, 3.8) is 0 Å². The molecule has 0 aliphatic carbocycles. The average Bonchev–Trinajstić information content (AvgIpc) is 3.85. The van der Waals surface area contributed by atoms with Crippen LogP contribution in [0.15, 0.2) is 174 Å². The van der Waals surface area contributed by atoms with Gasteiger partial charge < -0.3 is 14.2 Å². The van der Waals surface area contributed by atoms with Gasteiger partial charge in [-0.05, 0) is 122 Å². The van der Waals surface area contributed by atoms with Gasteiger partial charge in [-0.25, -0.2) is 0 Å². The molecule has 0 atom stereocenters. The van der Waals surface area contributed by atoms with Gasteiger partial charge in [-0.1, -0.05) is 157 Å². The maximum absolute atomic E-state index is 7.40. The van der Waals surface area contributed by atoms with Crippen LogP contribution in [-0.2, 0) is 10.8 Å². The second-order valence-electron chi connectivity index (χ2n) is 19.9. The van der Waals surface area contributed by atoms with E-state index < -0.39 is 0 Å². The van der Waals surface area contributed by atoms with Crippen molar-refractivity contribution in [2.75, 3.05) is 9.80 Å². The third-order valence-electron chi connectivity index (χ3n) is 13.6. The molecule has 2 aliphatic heterocycles. The van der Waals surface area contributed by atoms with Gasteiger partial charge in [0.25, 0.3) is 6.71 Å². The normalized spacial score (nSPS) is 13.5. The molecule has 0 saturated carbocycles. The molecule has 8 aromatic carbocycles. The third kappa shape index (κ3) is 6.01. The first-order valence-electron chi connectivity index (χ1n) is 22.5. The molecule has 0 fully saturated rings. The van der Waals surface area contributed by atoms with Gasteiger partial charge in [-0.2, -0.15) is 0 Å². The molecule has 0 radical (unpaired) electrons. The summed E-state index contributed by atoms with van der Waals surface area (Å²) in [6.07, 6.45) is 0. The molecule has 0 spiro atoms. The summed E-state index contributed by atoms with van der Waals surface area (Å²) in [5.74, 6) is 0. The summed E-state index contributed by atoms with van der Waals surface area (Å²) in [6.45, 7) is 15.8. The smallest absolute Gasteiger partial charge is 0.297 e. The van der Waals surface area contributed by atoms with Gasteiger partial charge in [0.1, 0.15) is 5.58 Å². The van der Waals surface area contributed by atoms with Gasteiger partial charge in [0.05, 0.1) is 11.3 Å². The molecule has 0 N–H and O–H groups in total. The van der Waals surface area contributed by atoms with E-state index in [2.05, 4.69) is 228 Å². The Hall–Kier alpha value is -6.82. The second-order valence-corrected chi connectivity index (χ2v) is 20.9. The van der Waals surface area contributed by atoms with Crippen LogP contribution < -0.4 is 26.4 Å². The molecule has 4 heterocycles. The Balaban J connectivity index is 1.21. The quantitative estimate of drug-likeness (QED) is 0.165. The zero-order chi connectivity index (χ0) is 43.6. The molecular weight excluding hydrogens is 796 g/mol. The minimum absolute atomic E-state index is 0.0269. The summed E-state index contributed by atoms with van der Waals surface area (Å²) < 4.78 is 8.66. The molecule has 0 bridgehead atoms. The van der Waals surface area contributed by atoms with Crippen LogP contribution in [0.25, 0.3) is 53.4 Å². The summed E-state index contributed by atoms with van der Waals surface area (Å²) in [7, 11) is 0. The molecule has 64 heavy (non-hydrogen) atoms. The highest BCUT2D eigenvalue weighted by molar-refractivity contribution is 7.23. The fourth-order valence-corrected chi connectivity index (χ4v) is 11.6. The van der Waals surface area contributed by atoms with E-state index in [-0.39, 0.29) is 17.5 Å². The number of thiophene rings is 1. The number of aryl methyl sites for hydroxylation is 1. The lowest BCUT2D eigenvalue weighted by Gasteiger charge is -2.43. The molecule has 0 saturated heterocycles. The maximum atomic E-state index is 7.40. The van der Waals surface area contributed by atoms with Crippen LogP contribution in [0.5, 0.6) is 0 Å². The highest BCUT2D eigenvalue weighted by Gasteiger charge is 2.47. The summed E-state index contributed by atoms with van der Waals surface area (Å²) in [4.78, 5) is 6.32. The van der Waals surface area contributed by atoms with Crippen molar-refractivity contribution in [3.8, 4) is 21.6 Å². The number of benzene rings is 8. The Labute approximate surface area is 380 Å². The topological polar surface area (TPSA) is 19.6 Å². The first-order valence-corrected chi connectivity index (χ1v) is 23.3. The summed E-state index contributed by atoms with van der Waals surface area (Å²) in [5, 5.41) is 4.76. The zero-order valence-corrected chi connectivity index (χ0v) is 38.3. The second kappa shape index (κ2) is 14.1. The minimum atomic E-state index is -0.172. The predicted molar refractivity (Wildman–Crippen MR) is 276 cm³/mol. The molecule has 5 heteroatoms. The molecule has 3 nitrogen and oxygen atoms in total. The fraction of sp³-hybridized carbons (Fsp3) is 0.153. The predicted octanol–water partition coefficient (Wildman–Crippen LogP) is 15.1. The van der Waals surface area contributed by atoms with Crippen molar-refractivity contribution in [1.82, 2.24) is 0 Å². The molecule has 2 aromatic heterocycles. The van der Waals surface area contributed by atoms with Gasteiger partial charge in [0.2, 0.25) is 0 Å². The summed E-state index contributed by atoms with van der Waals surface area (Å²) in [5.41, 5.74) is 18.9. The number of fused-ring (bicyclic) bond motifs is 8. The Morgan fingerprint density at radius 2 is 1.06 bits per heavy atom. The monoisotopic (exact) mass is 844 g/mol. The van der Waals surface area contributed by atoms with Crippen LogP contribution in [0, 0.1) is 6.92 Å². The lowest BCUT2D eigenvalue weighted by atomic mass is 9.35. The first kappa shape index (κ1) is 38.8. The van der Waals surface area contributed by atoms with Crippen LogP contribution in [0.4, 0.5) is 34.1 Å². The molecule has 0 unspecified atom stereocenters. The van der Waals surface area contributed by atoms with E-state index in [1.54, 1.807) is 0 Å². The lowest BCUT2D eigenvalue weighted by molar-refractivity contribution is 0.590. The molecule has 2 aliphatic rings. The van der Waals surface area contributed by atoms with Crippen molar-refractivity contribution in [1.29, 1.82) is 0 Å². The standard InChI is InChI=1S/C59H49BN2OS/c1-36-30-49-54-50(31-36)62(44-28-24-42(25-29-44)59(5,6)7)55-45-32-39-20-14-15-21-40(39)33-51(45)63-57(55)60(54)47-34-46-52(35-48(47)61(49)43-26-22-41(23-27-43)58(2,3)4)64-56(38-18-12-9-13-19-38)53(46)37-16-10-8-11-17-37/h8-35H,1-7H3. The van der Waals surface area contributed by atoms with Gasteiger partial charge in [0.15, 0.2) is 0 Å². The van der Waals surface area contributed by atoms with Crippen LogP contribution >= 0.6 is 11.3 Å². The highest BCUT2D eigenvalue weighted by Crippen LogP contribution is 2.51. The number of rotatable bonds is 4. The zero-order valence-electron chi connectivity index (χ0n) is 37.5. The van der Waals surface area contributed by atoms with Crippen LogP contribution in [0.3, 0.4) is 0 Å².